The lowest BCUT2D eigenvalue weighted by Crippen LogP contribution is -2.44. The van der Waals surface area contributed by atoms with E-state index in [0.29, 0.717) is 0 Å². The molecule has 2 rings (SSSR count). The molecule has 0 bridgehead atoms. The first kappa shape index (κ1) is 24.4. The molecule has 0 saturated heterocycles. The summed E-state index contributed by atoms with van der Waals surface area (Å²) < 4.78 is 10.3. The summed E-state index contributed by atoms with van der Waals surface area (Å²) in [6, 6.07) is 16.9. The van der Waals surface area contributed by atoms with Gasteiger partial charge in [-0.25, -0.2) is 14.5 Å². The van der Waals surface area contributed by atoms with Crippen molar-refractivity contribution in [3.63, 3.8) is 0 Å². The lowest BCUT2D eigenvalue weighted by Gasteiger charge is -2.21. The summed E-state index contributed by atoms with van der Waals surface area (Å²) in [6.07, 6.45) is -1.53. The summed E-state index contributed by atoms with van der Waals surface area (Å²) in [5.74, 6) is -1.58. The number of hydrogen-bond donors (Lipinski definition) is 3. The van der Waals surface area contributed by atoms with Crippen molar-refractivity contribution in [3.05, 3.63) is 71.8 Å². The Labute approximate surface area is 185 Å². The Morgan fingerprint density at radius 1 is 0.938 bits per heavy atom. The van der Waals surface area contributed by atoms with Gasteiger partial charge >= 0.3 is 18.2 Å². The van der Waals surface area contributed by atoms with Crippen LogP contribution in [0.2, 0.25) is 0 Å². The van der Waals surface area contributed by atoms with Crippen LogP contribution in [0.15, 0.2) is 65.7 Å². The van der Waals surface area contributed by atoms with Crippen LogP contribution >= 0.6 is 0 Å². The van der Waals surface area contributed by atoms with Gasteiger partial charge < -0.3 is 26.0 Å². The number of aliphatic carboxylic acids is 1. The topological polar surface area (TPSA) is 158 Å². The highest BCUT2D eigenvalue weighted by Gasteiger charge is 2.21. The standard InChI is InChI=1S/C22H26N4O6/c23-18(19(27)28)12-7-13-26(22(30)32-15-17-10-5-2-6-11-17)20(24)25-21(29)31-14-16-8-3-1-4-9-16/h1-6,8-11,18H,7,12-15,23H2,(H,27,28)(H2,24,25,29)/t18-/m0/s1. The van der Waals surface area contributed by atoms with Crippen LogP contribution in [0.4, 0.5) is 9.59 Å². The van der Waals surface area contributed by atoms with Gasteiger partial charge in [0.15, 0.2) is 0 Å². The first-order valence-electron chi connectivity index (χ1n) is 9.88. The molecule has 2 aromatic rings. The SMILES string of the molecule is N/C(=N\C(=O)OCc1ccccc1)N(CCC[C@H](N)C(=O)O)C(=O)OCc1ccccc1. The van der Waals surface area contributed by atoms with Crippen LogP contribution in [0.25, 0.3) is 0 Å². The van der Waals surface area contributed by atoms with Gasteiger partial charge in [0.1, 0.15) is 19.3 Å². The molecule has 1 atom stereocenters. The average molecular weight is 442 g/mol. The Balaban J connectivity index is 2.01. The van der Waals surface area contributed by atoms with E-state index in [1.165, 1.54) is 0 Å². The lowest BCUT2D eigenvalue weighted by atomic mass is 10.1. The molecule has 0 aliphatic rings. The number of carbonyl (C=O) groups is 3. The highest BCUT2D eigenvalue weighted by molar-refractivity contribution is 5.97. The van der Waals surface area contributed by atoms with E-state index < -0.39 is 30.2 Å². The Bertz CT molecular complexity index is 921. The van der Waals surface area contributed by atoms with E-state index in [4.69, 9.17) is 26.0 Å². The second kappa shape index (κ2) is 12.7. The van der Waals surface area contributed by atoms with Crippen molar-refractivity contribution in [3.8, 4) is 0 Å². The lowest BCUT2D eigenvalue weighted by molar-refractivity contribution is -0.138. The molecule has 2 aromatic carbocycles. The second-order valence-electron chi connectivity index (χ2n) is 6.79. The van der Waals surface area contributed by atoms with Crippen LogP contribution in [-0.2, 0) is 27.5 Å². The van der Waals surface area contributed by atoms with Gasteiger partial charge in [-0.2, -0.15) is 0 Å². The summed E-state index contributed by atoms with van der Waals surface area (Å²) in [5.41, 5.74) is 12.9. The van der Waals surface area contributed by atoms with Crippen LogP contribution < -0.4 is 11.5 Å². The number of guanidine groups is 1. The molecular formula is C22H26N4O6. The van der Waals surface area contributed by atoms with Crippen molar-refractivity contribution in [1.29, 1.82) is 0 Å². The molecule has 10 heteroatoms. The summed E-state index contributed by atoms with van der Waals surface area (Å²) in [7, 11) is 0. The molecule has 0 aliphatic heterocycles. The second-order valence-corrected chi connectivity index (χ2v) is 6.79. The fourth-order valence-electron chi connectivity index (χ4n) is 2.59. The van der Waals surface area contributed by atoms with E-state index in [9.17, 15) is 14.4 Å². The maximum absolute atomic E-state index is 12.6. The van der Waals surface area contributed by atoms with E-state index >= 15 is 0 Å². The molecule has 2 amide bonds. The summed E-state index contributed by atoms with van der Waals surface area (Å²) in [5, 5.41) is 8.91. The van der Waals surface area contributed by atoms with Gasteiger partial charge in [0, 0.05) is 6.54 Å². The van der Waals surface area contributed by atoms with Crippen LogP contribution in [0.3, 0.4) is 0 Å². The molecule has 0 radical (unpaired) electrons. The van der Waals surface area contributed by atoms with Gasteiger partial charge in [0.05, 0.1) is 0 Å². The first-order chi connectivity index (χ1) is 15.4. The molecule has 0 aliphatic carbocycles. The third-order valence-electron chi connectivity index (χ3n) is 4.33. The molecule has 5 N–H and O–H groups in total. The fraction of sp³-hybridized carbons (Fsp3) is 0.273. The Kier molecular flexibility index (Phi) is 9.67. The van der Waals surface area contributed by atoms with E-state index in [0.717, 1.165) is 16.0 Å². The quantitative estimate of drug-likeness (QED) is 0.395. The summed E-state index contributed by atoms with van der Waals surface area (Å²) in [4.78, 5) is 40.1. The number of carbonyl (C=O) groups excluding carboxylic acids is 2. The summed E-state index contributed by atoms with van der Waals surface area (Å²) in [6.45, 7) is -0.0746. The zero-order chi connectivity index (χ0) is 23.3. The Morgan fingerprint density at radius 2 is 1.47 bits per heavy atom. The molecule has 0 aromatic heterocycles. The van der Waals surface area contributed by atoms with Crippen LogP contribution in [-0.4, -0.2) is 46.7 Å². The molecule has 0 saturated carbocycles. The van der Waals surface area contributed by atoms with Crippen LogP contribution in [0, 0.1) is 0 Å². The van der Waals surface area contributed by atoms with Crippen molar-refractivity contribution >= 4 is 24.1 Å². The number of benzene rings is 2. The van der Waals surface area contributed by atoms with Crippen LogP contribution in [0.5, 0.6) is 0 Å². The van der Waals surface area contributed by atoms with Gasteiger partial charge in [0.25, 0.3) is 0 Å². The minimum absolute atomic E-state index is 0.0115. The highest BCUT2D eigenvalue weighted by atomic mass is 16.6. The largest absolute Gasteiger partial charge is 0.480 e. The molecular weight excluding hydrogens is 416 g/mol. The van der Waals surface area contributed by atoms with Gasteiger partial charge in [0.2, 0.25) is 5.96 Å². The molecule has 170 valence electrons. The van der Waals surface area contributed by atoms with E-state index in [1.54, 1.807) is 48.5 Å². The van der Waals surface area contributed by atoms with Crippen molar-refractivity contribution in [1.82, 2.24) is 4.90 Å². The number of aliphatic imine (C=N–C) groups is 1. The number of nitrogens with two attached hydrogens (primary N) is 2. The maximum atomic E-state index is 12.6. The Morgan fingerprint density at radius 3 is 2.00 bits per heavy atom. The predicted octanol–water partition coefficient (Wildman–Crippen LogP) is 2.47. The average Bonchev–Trinajstić information content (AvgIpc) is 2.80. The van der Waals surface area contributed by atoms with Crippen molar-refractivity contribution in [2.75, 3.05) is 6.54 Å². The van der Waals surface area contributed by atoms with Crippen molar-refractivity contribution < 1.29 is 29.0 Å². The number of amides is 2. The minimum atomic E-state index is -1.16. The van der Waals surface area contributed by atoms with E-state index in [2.05, 4.69) is 4.99 Å². The van der Waals surface area contributed by atoms with Crippen molar-refractivity contribution in [2.24, 2.45) is 16.5 Å². The summed E-state index contributed by atoms with van der Waals surface area (Å²) >= 11 is 0. The number of carboxylic acid groups (broad SMARTS) is 1. The Hall–Kier alpha value is -3.92. The molecule has 0 spiro atoms. The number of nitrogens with zero attached hydrogens (tertiary/aromatic N) is 2. The zero-order valence-corrected chi connectivity index (χ0v) is 17.4. The first-order valence-corrected chi connectivity index (χ1v) is 9.88. The van der Waals surface area contributed by atoms with Gasteiger partial charge in [-0.3, -0.25) is 4.79 Å². The van der Waals surface area contributed by atoms with Gasteiger partial charge in [-0.05, 0) is 24.0 Å². The van der Waals surface area contributed by atoms with E-state index in [1.807, 2.05) is 12.1 Å². The number of ether oxygens (including phenoxy) is 2. The van der Waals surface area contributed by atoms with Crippen molar-refractivity contribution in [2.45, 2.75) is 32.1 Å². The fourth-order valence-corrected chi connectivity index (χ4v) is 2.59. The monoisotopic (exact) mass is 442 g/mol. The highest BCUT2D eigenvalue weighted by Crippen LogP contribution is 2.07. The predicted molar refractivity (Wildman–Crippen MR) is 116 cm³/mol. The third-order valence-corrected chi connectivity index (χ3v) is 4.33. The van der Waals surface area contributed by atoms with Crippen LogP contribution in [0.1, 0.15) is 24.0 Å². The molecule has 32 heavy (non-hydrogen) atoms. The molecule has 0 unspecified atom stereocenters. The van der Waals surface area contributed by atoms with Gasteiger partial charge in [-0.1, -0.05) is 60.7 Å². The van der Waals surface area contributed by atoms with E-state index in [-0.39, 0.29) is 32.6 Å². The molecule has 0 fully saturated rings. The normalized spacial score (nSPS) is 12.0. The third kappa shape index (κ3) is 8.44. The minimum Gasteiger partial charge on any atom is -0.480 e. The number of carboxylic acids is 1. The number of hydrogen-bond acceptors (Lipinski definition) is 6. The molecule has 10 nitrogen and oxygen atoms in total. The smallest absolute Gasteiger partial charge is 0.437 e. The van der Waals surface area contributed by atoms with Gasteiger partial charge in [-0.15, -0.1) is 4.99 Å². The number of rotatable bonds is 9. The maximum Gasteiger partial charge on any atom is 0.437 e. The zero-order valence-electron chi connectivity index (χ0n) is 17.4. The molecule has 0 heterocycles.